The Labute approximate surface area is 206 Å². The average molecular weight is 505 g/mol. The van der Waals surface area contributed by atoms with E-state index in [1.54, 1.807) is 33.3 Å². The van der Waals surface area contributed by atoms with Crippen molar-refractivity contribution in [1.82, 2.24) is 9.29 Å². The minimum absolute atomic E-state index is 0.188. The second kappa shape index (κ2) is 11.7. The van der Waals surface area contributed by atoms with Crippen molar-refractivity contribution < 1.29 is 22.6 Å². The monoisotopic (exact) mass is 504 g/mol. The maximum Gasteiger partial charge on any atom is 0.220 e. The predicted octanol–water partition coefficient (Wildman–Crippen LogP) is 4.86. The summed E-state index contributed by atoms with van der Waals surface area (Å²) in [6, 6.07) is 18.0. The second-order valence-electron chi connectivity index (χ2n) is 7.77. The van der Waals surface area contributed by atoms with Gasteiger partial charge in [0.05, 0.1) is 24.9 Å². The lowest BCUT2D eigenvalue weighted by atomic mass is 10.2. The summed E-state index contributed by atoms with van der Waals surface area (Å²) in [4.78, 5) is 4.28. The molecule has 0 fully saturated rings. The lowest BCUT2D eigenvalue weighted by molar-refractivity contribution is 0.0969. The van der Waals surface area contributed by atoms with Gasteiger partial charge >= 0.3 is 0 Å². The summed E-state index contributed by atoms with van der Waals surface area (Å²) < 4.78 is 45.2. The Bertz CT molecular complexity index is 1100. The average Bonchev–Trinajstić information content (AvgIpc) is 2.86. The van der Waals surface area contributed by atoms with E-state index in [4.69, 9.17) is 25.8 Å². The third kappa shape index (κ3) is 6.27. The van der Waals surface area contributed by atoms with E-state index in [-0.39, 0.29) is 13.1 Å². The van der Waals surface area contributed by atoms with Crippen LogP contribution in [0.3, 0.4) is 0 Å². The molecule has 0 aliphatic rings. The zero-order valence-corrected chi connectivity index (χ0v) is 21.2. The molecule has 0 radical (unpaired) electrons. The molecule has 0 N–H and O–H groups in total. The minimum atomic E-state index is -3.83. The van der Waals surface area contributed by atoms with Crippen LogP contribution in [0, 0.1) is 0 Å². The summed E-state index contributed by atoms with van der Waals surface area (Å²) in [5, 5.41) is -0.433. The molecule has 0 amide bonds. The van der Waals surface area contributed by atoms with Crippen LogP contribution >= 0.6 is 11.6 Å². The molecule has 2 aromatic carbocycles. The summed E-state index contributed by atoms with van der Waals surface area (Å²) in [6.07, 6.45) is 0.714. The van der Waals surface area contributed by atoms with Crippen molar-refractivity contribution in [3.63, 3.8) is 0 Å². The first-order valence-corrected chi connectivity index (χ1v) is 12.6. The molecule has 9 heteroatoms. The highest BCUT2D eigenvalue weighted by Crippen LogP contribution is 2.29. The molecule has 0 saturated heterocycles. The molecule has 0 saturated carbocycles. The Morgan fingerprint density at radius 3 is 1.74 bits per heavy atom. The maximum atomic E-state index is 13.9. The van der Waals surface area contributed by atoms with Crippen LogP contribution in [0.5, 0.6) is 11.5 Å². The number of benzene rings is 2. The Morgan fingerprint density at radius 1 is 0.853 bits per heavy atom. The van der Waals surface area contributed by atoms with Gasteiger partial charge in [0.2, 0.25) is 10.0 Å². The third-order valence-electron chi connectivity index (χ3n) is 5.59. The standard InChI is InChI=1S/C25H29ClN2O5S/c1-18(25(33-4)24-14-9-21(26)15-27-24)34(29,30)28(16-19-5-10-22(31-2)11-6-19)17-20-7-12-23(32-3)13-8-20/h5-15,18,25H,16-17H2,1-4H3. The summed E-state index contributed by atoms with van der Waals surface area (Å²) in [5.41, 5.74) is 2.17. The van der Waals surface area contributed by atoms with Gasteiger partial charge in [0.1, 0.15) is 22.9 Å². The van der Waals surface area contributed by atoms with Crippen LogP contribution < -0.4 is 9.47 Å². The van der Waals surface area contributed by atoms with E-state index in [1.807, 2.05) is 48.5 Å². The molecule has 3 aromatic rings. The molecule has 0 aliphatic heterocycles. The van der Waals surface area contributed by atoms with Crippen LogP contribution in [-0.2, 0) is 27.8 Å². The molecule has 7 nitrogen and oxygen atoms in total. The molecule has 0 spiro atoms. The first-order chi connectivity index (χ1) is 16.3. The number of hydrogen-bond donors (Lipinski definition) is 0. The van der Waals surface area contributed by atoms with Gasteiger partial charge in [-0.05, 0) is 54.4 Å². The number of sulfonamides is 1. The Kier molecular flexibility index (Phi) is 8.90. The third-order valence-corrected chi connectivity index (χ3v) is 7.98. The maximum absolute atomic E-state index is 13.9. The van der Waals surface area contributed by atoms with Crippen LogP contribution in [-0.4, -0.2) is 44.3 Å². The number of hydrogen-bond acceptors (Lipinski definition) is 6. The summed E-state index contributed by atoms with van der Waals surface area (Å²) >= 11 is 5.96. The molecule has 1 aromatic heterocycles. The SMILES string of the molecule is COc1ccc(CN(Cc2ccc(OC)cc2)S(=O)(=O)C(C)C(OC)c2ccc(Cl)cn2)cc1. The van der Waals surface area contributed by atoms with Gasteiger partial charge < -0.3 is 14.2 Å². The number of methoxy groups -OCH3 is 3. The van der Waals surface area contributed by atoms with Crippen LogP contribution in [0.2, 0.25) is 5.02 Å². The molecular weight excluding hydrogens is 476 g/mol. The van der Waals surface area contributed by atoms with Gasteiger partial charge in [-0.2, -0.15) is 4.31 Å². The van der Waals surface area contributed by atoms with Crippen molar-refractivity contribution in [2.75, 3.05) is 21.3 Å². The van der Waals surface area contributed by atoms with E-state index < -0.39 is 21.4 Å². The molecule has 34 heavy (non-hydrogen) atoms. The van der Waals surface area contributed by atoms with Crippen LogP contribution in [0.1, 0.15) is 29.8 Å². The number of nitrogens with zero attached hydrogens (tertiary/aromatic N) is 2. The predicted molar refractivity (Wildman–Crippen MR) is 133 cm³/mol. The van der Waals surface area contributed by atoms with Crippen molar-refractivity contribution in [3.05, 3.63) is 88.7 Å². The van der Waals surface area contributed by atoms with E-state index in [0.29, 0.717) is 22.2 Å². The van der Waals surface area contributed by atoms with Crippen LogP contribution in [0.4, 0.5) is 0 Å². The highest BCUT2D eigenvalue weighted by Gasteiger charge is 2.36. The molecule has 2 atom stereocenters. The van der Waals surface area contributed by atoms with Crippen LogP contribution in [0.25, 0.3) is 0 Å². The summed E-state index contributed by atoms with van der Waals surface area (Å²) in [6.45, 7) is 2.01. The first kappa shape index (κ1) is 26.0. The van der Waals surface area contributed by atoms with E-state index in [9.17, 15) is 8.42 Å². The molecule has 0 bridgehead atoms. The van der Waals surface area contributed by atoms with Gasteiger partial charge in [0, 0.05) is 26.4 Å². The molecular formula is C25H29ClN2O5S. The van der Waals surface area contributed by atoms with Gasteiger partial charge in [-0.15, -0.1) is 0 Å². The number of ether oxygens (including phenoxy) is 3. The van der Waals surface area contributed by atoms with Gasteiger partial charge in [-0.25, -0.2) is 8.42 Å². The number of pyridine rings is 1. The number of rotatable bonds is 11. The lowest BCUT2D eigenvalue weighted by Crippen LogP contribution is -2.40. The fourth-order valence-electron chi connectivity index (χ4n) is 3.60. The Balaban J connectivity index is 1.94. The molecule has 2 unspecified atom stereocenters. The minimum Gasteiger partial charge on any atom is -0.497 e. The molecule has 0 aliphatic carbocycles. The molecule has 3 rings (SSSR count). The summed E-state index contributed by atoms with van der Waals surface area (Å²) in [7, 11) is 0.831. The quantitative estimate of drug-likeness (QED) is 0.371. The van der Waals surface area contributed by atoms with Crippen molar-refractivity contribution in [2.24, 2.45) is 0 Å². The fourth-order valence-corrected chi connectivity index (χ4v) is 5.41. The normalized spacial score (nSPS) is 13.5. The number of halogens is 1. The van der Waals surface area contributed by atoms with Crippen molar-refractivity contribution in [3.8, 4) is 11.5 Å². The van der Waals surface area contributed by atoms with Crippen LogP contribution in [0.15, 0.2) is 66.9 Å². The second-order valence-corrected chi connectivity index (χ2v) is 10.5. The smallest absolute Gasteiger partial charge is 0.220 e. The van der Waals surface area contributed by atoms with E-state index in [2.05, 4.69) is 4.98 Å². The topological polar surface area (TPSA) is 78.0 Å². The van der Waals surface area contributed by atoms with Gasteiger partial charge in [-0.1, -0.05) is 35.9 Å². The Morgan fingerprint density at radius 2 is 1.35 bits per heavy atom. The van der Waals surface area contributed by atoms with Gasteiger partial charge in [0.15, 0.2) is 0 Å². The number of aromatic nitrogens is 1. The summed E-state index contributed by atoms with van der Waals surface area (Å²) in [5.74, 6) is 1.41. The van der Waals surface area contributed by atoms with Crippen molar-refractivity contribution >= 4 is 21.6 Å². The van der Waals surface area contributed by atoms with E-state index >= 15 is 0 Å². The zero-order chi connectivity index (χ0) is 24.7. The zero-order valence-electron chi connectivity index (χ0n) is 19.6. The molecule has 1 heterocycles. The fraction of sp³-hybridized carbons (Fsp3) is 0.320. The highest BCUT2D eigenvalue weighted by atomic mass is 35.5. The van der Waals surface area contributed by atoms with Crippen molar-refractivity contribution in [2.45, 2.75) is 31.4 Å². The Hall–Kier alpha value is -2.65. The largest absolute Gasteiger partial charge is 0.497 e. The van der Waals surface area contributed by atoms with Gasteiger partial charge in [-0.3, -0.25) is 4.98 Å². The van der Waals surface area contributed by atoms with E-state index in [0.717, 1.165) is 11.1 Å². The highest BCUT2D eigenvalue weighted by molar-refractivity contribution is 7.89. The van der Waals surface area contributed by atoms with E-state index in [1.165, 1.54) is 17.6 Å². The lowest BCUT2D eigenvalue weighted by Gasteiger charge is -2.30. The molecule has 182 valence electrons. The first-order valence-electron chi connectivity index (χ1n) is 10.7. The van der Waals surface area contributed by atoms with Crippen molar-refractivity contribution in [1.29, 1.82) is 0 Å². The van der Waals surface area contributed by atoms with Gasteiger partial charge in [0.25, 0.3) is 0 Å².